The molecule has 0 amide bonds. The summed E-state index contributed by atoms with van der Waals surface area (Å²) in [6.45, 7) is 0. The minimum absolute atomic E-state index is 0. The Hall–Kier alpha value is 0.0497. The van der Waals surface area contributed by atoms with Crippen LogP contribution in [0.1, 0.15) is 0 Å². The van der Waals surface area contributed by atoms with Gasteiger partial charge in [-0.05, 0) is 0 Å². The van der Waals surface area contributed by atoms with Crippen molar-refractivity contribution in [2.24, 2.45) is 0 Å². The summed E-state index contributed by atoms with van der Waals surface area (Å²) in [4.78, 5) is 19.3. The number of carboxylic acids is 1. The molecule has 0 aliphatic carbocycles. The van der Waals surface area contributed by atoms with E-state index in [2.05, 4.69) is 4.65 Å². The number of aliphatic carboxylic acids is 1. The van der Waals surface area contributed by atoms with E-state index in [1.54, 1.807) is 0 Å². The van der Waals surface area contributed by atoms with Gasteiger partial charge in [-0.3, -0.25) is 0 Å². The quantitative estimate of drug-likeness (QED) is 0.284. The summed E-state index contributed by atoms with van der Waals surface area (Å²) in [6, 6.07) is 0. The first-order chi connectivity index (χ1) is 5.04. The minimum atomic E-state index is -2.37. The molecule has 0 bridgehead atoms. The monoisotopic (exact) mass is 168 g/mol. The molecule has 0 saturated heterocycles. The molecule has 10 heteroatoms. The molecule has 12 heavy (non-hydrogen) atoms. The number of hydrogen-bond acceptors (Lipinski definition) is 5. The maximum atomic E-state index is 9.81. The SMILES string of the molecule is O=C(O)C(=O)OB(O)O.[LiH].[Li][F]. The molecule has 0 rings (SSSR count). The summed E-state index contributed by atoms with van der Waals surface area (Å²) in [5.74, 6) is -3.58. The van der Waals surface area contributed by atoms with Crippen LogP contribution in [0, 0.1) is 0 Å². The molecule has 0 aromatic carbocycles. The Bertz CT molecular complexity index is 142. The van der Waals surface area contributed by atoms with Crippen LogP contribution in [0.5, 0.6) is 0 Å². The average Bonchev–Trinajstić information content (AvgIpc) is 1.90. The summed E-state index contributed by atoms with van der Waals surface area (Å²) in [7, 11) is -2.37. The molecule has 0 fully saturated rings. The number of carbonyl (C=O) groups excluding carboxylic acids is 1. The van der Waals surface area contributed by atoms with Crippen LogP contribution in [-0.4, -0.2) is 71.5 Å². The third-order valence-corrected chi connectivity index (χ3v) is 0.387. The molecular formula is C2H4BFLi2O6. The molecule has 3 N–H and O–H groups in total. The van der Waals surface area contributed by atoms with E-state index >= 15 is 0 Å². The van der Waals surface area contributed by atoms with Gasteiger partial charge in [0.05, 0.1) is 0 Å². The molecule has 0 unspecified atom stereocenters. The van der Waals surface area contributed by atoms with Gasteiger partial charge in [0.1, 0.15) is 0 Å². The van der Waals surface area contributed by atoms with Crippen molar-refractivity contribution >= 4 is 56.3 Å². The zero-order valence-corrected chi connectivity index (χ0v) is 5.52. The van der Waals surface area contributed by atoms with Crippen LogP contribution >= 0.6 is 0 Å². The summed E-state index contributed by atoms with van der Waals surface area (Å²) in [6.07, 6.45) is 0. The van der Waals surface area contributed by atoms with Crippen molar-refractivity contribution in [3.63, 3.8) is 0 Å². The Morgan fingerprint density at radius 2 is 1.67 bits per heavy atom. The van der Waals surface area contributed by atoms with Gasteiger partial charge in [-0.1, -0.05) is 0 Å². The van der Waals surface area contributed by atoms with Crippen LogP contribution in [-0.2, 0) is 14.2 Å². The normalized spacial score (nSPS) is 6.75. The molecular weight excluding hydrogens is 164 g/mol. The van der Waals surface area contributed by atoms with Crippen LogP contribution in [0.15, 0.2) is 0 Å². The Kier molecular flexibility index (Phi) is 16.5. The van der Waals surface area contributed by atoms with Crippen LogP contribution in [0.2, 0.25) is 0 Å². The van der Waals surface area contributed by atoms with Gasteiger partial charge < -0.3 is 19.8 Å². The van der Waals surface area contributed by atoms with Gasteiger partial charge in [0.2, 0.25) is 0 Å². The molecule has 6 nitrogen and oxygen atoms in total. The molecule has 60 valence electrons. The predicted molar refractivity (Wildman–Crippen MR) is 37.9 cm³/mol. The van der Waals surface area contributed by atoms with Gasteiger partial charge >= 0.3 is 59.7 Å². The van der Waals surface area contributed by atoms with Crippen LogP contribution in [0.4, 0.5) is 3.38 Å². The van der Waals surface area contributed by atoms with Crippen LogP contribution < -0.4 is 0 Å². The molecule has 0 heterocycles. The van der Waals surface area contributed by atoms with E-state index in [-0.39, 0.29) is 18.9 Å². The van der Waals surface area contributed by atoms with Crippen molar-refractivity contribution in [1.82, 2.24) is 0 Å². The summed E-state index contributed by atoms with van der Waals surface area (Å²) in [5, 5.41) is 23.4. The topological polar surface area (TPSA) is 104 Å². The molecule has 0 aliphatic rings. The van der Waals surface area contributed by atoms with Crippen molar-refractivity contribution in [1.29, 1.82) is 0 Å². The van der Waals surface area contributed by atoms with E-state index in [0.29, 0.717) is 18.2 Å². The average molecular weight is 168 g/mol. The van der Waals surface area contributed by atoms with Crippen molar-refractivity contribution in [3.8, 4) is 0 Å². The zero-order valence-electron chi connectivity index (χ0n) is 5.52. The molecule has 0 radical (unpaired) electrons. The van der Waals surface area contributed by atoms with Gasteiger partial charge in [0.25, 0.3) is 0 Å². The third-order valence-electron chi connectivity index (χ3n) is 0.387. The Balaban J connectivity index is -0.000000249. The second-order valence-electron chi connectivity index (χ2n) is 1.04. The van der Waals surface area contributed by atoms with Gasteiger partial charge in [0, 0.05) is 0 Å². The summed E-state index contributed by atoms with van der Waals surface area (Å²) in [5.41, 5.74) is 0. The van der Waals surface area contributed by atoms with E-state index < -0.39 is 19.3 Å². The van der Waals surface area contributed by atoms with Crippen molar-refractivity contribution < 1.29 is 32.8 Å². The first kappa shape index (κ1) is 18.0. The molecule has 0 aromatic heterocycles. The fraction of sp³-hybridized carbons (Fsp3) is 0. The second-order valence-corrected chi connectivity index (χ2v) is 1.04. The van der Waals surface area contributed by atoms with E-state index in [0.717, 1.165) is 0 Å². The van der Waals surface area contributed by atoms with Crippen molar-refractivity contribution in [2.75, 3.05) is 0 Å². The fourth-order valence-corrected chi connectivity index (χ4v) is 0.146. The molecule has 0 atom stereocenters. The van der Waals surface area contributed by atoms with Gasteiger partial charge in [-0.2, -0.15) is 0 Å². The Morgan fingerprint density at radius 1 is 1.33 bits per heavy atom. The molecule has 0 aromatic rings. The van der Waals surface area contributed by atoms with Crippen molar-refractivity contribution in [2.45, 2.75) is 0 Å². The predicted octanol–water partition coefficient (Wildman–Crippen LogP) is -3.03. The molecule has 0 aliphatic heterocycles. The third kappa shape index (κ3) is 12.7. The van der Waals surface area contributed by atoms with E-state index in [1.165, 1.54) is 0 Å². The van der Waals surface area contributed by atoms with Crippen LogP contribution in [0.25, 0.3) is 0 Å². The standard InChI is InChI=1S/C2H3BO6.FH.2Li.H/c4-1(5)2(6)9-3(7)8;;;;/h7-8H,(H,4,5);1H;;;/q;;;+1;/p-1. The molecule has 0 saturated carbocycles. The number of carbonyl (C=O) groups is 2. The Labute approximate surface area is 89.2 Å². The van der Waals surface area contributed by atoms with E-state index in [9.17, 15) is 13.0 Å². The van der Waals surface area contributed by atoms with E-state index in [4.69, 9.17) is 15.2 Å². The van der Waals surface area contributed by atoms with Gasteiger partial charge in [0.15, 0.2) is 0 Å². The van der Waals surface area contributed by atoms with Crippen LogP contribution in [0.3, 0.4) is 0 Å². The first-order valence-corrected chi connectivity index (χ1v) is 2.22. The van der Waals surface area contributed by atoms with Crippen molar-refractivity contribution in [3.05, 3.63) is 0 Å². The number of hydrogen-bond donors (Lipinski definition) is 3. The zero-order chi connectivity index (χ0) is 9.44. The van der Waals surface area contributed by atoms with Gasteiger partial charge in [-0.25, -0.2) is 9.59 Å². The number of rotatable bonds is 1. The first-order valence-electron chi connectivity index (χ1n) is 2.22. The van der Waals surface area contributed by atoms with Gasteiger partial charge in [-0.15, -0.1) is 0 Å². The fourth-order valence-electron chi connectivity index (χ4n) is 0.146. The molecule has 0 spiro atoms. The Morgan fingerprint density at radius 3 is 1.75 bits per heavy atom. The maximum absolute atomic E-state index is 9.81. The number of carboxylic acid groups (broad SMARTS) is 1. The second kappa shape index (κ2) is 11.0. The summed E-state index contributed by atoms with van der Waals surface area (Å²) >= 11 is 0.500. The summed E-state index contributed by atoms with van der Waals surface area (Å²) < 4.78 is 12.9. The van der Waals surface area contributed by atoms with E-state index in [1.807, 2.05) is 0 Å². The number of halogens is 1.